The molecule has 0 radical (unpaired) electrons. The topological polar surface area (TPSA) is 0 Å². The standard InChI is InChI=1S/C16H27B/c1-2-3-4-5-6-7-8-9-10-15-11-13-16(17)14-12-15/h11-14H,2-10,17H2,1H3. The van der Waals surface area contributed by atoms with Crippen molar-refractivity contribution in [2.75, 3.05) is 0 Å². The van der Waals surface area contributed by atoms with Crippen molar-refractivity contribution in [3.05, 3.63) is 29.8 Å². The van der Waals surface area contributed by atoms with Gasteiger partial charge in [0, 0.05) is 0 Å². The maximum Gasteiger partial charge on any atom is 0.139 e. The molecule has 0 aromatic heterocycles. The number of hydrogen-bond acceptors (Lipinski definition) is 0. The third kappa shape index (κ3) is 7.25. The van der Waals surface area contributed by atoms with Crippen molar-refractivity contribution in [2.24, 2.45) is 0 Å². The first-order valence-corrected chi connectivity index (χ1v) is 7.38. The fraction of sp³-hybridized carbons (Fsp3) is 0.625. The molecule has 0 saturated heterocycles. The molecule has 0 saturated carbocycles. The Morgan fingerprint density at radius 2 is 1.29 bits per heavy atom. The van der Waals surface area contributed by atoms with Crippen molar-refractivity contribution in [3.63, 3.8) is 0 Å². The molecule has 0 amide bonds. The van der Waals surface area contributed by atoms with E-state index >= 15 is 0 Å². The van der Waals surface area contributed by atoms with Crippen LogP contribution in [0.1, 0.15) is 63.9 Å². The highest BCUT2D eigenvalue weighted by molar-refractivity contribution is 6.32. The lowest BCUT2D eigenvalue weighted by molar-refractivity contribution is 0.575. The quantitative estimate of drug-likeness (QED) is 0.449. The van der Waals surface area contributed by atoms with Gasteiger partial charge in [-0.05, 0) is 18.4 Å². The van der Waals surface area contributed by atoms with Gasteiger partial charge in [-0.15, -0.1) is 0 Å². The van der Waals surface area contributed by atoms with Gasteiger partial charge in [-0.25, -0.2) is 0 Å². The van der Waals surface area contributed by atoms with Crippen molar-refractivity contribution in [3.8, 4) is 0 Å². The molecule has 1 aromatic carbocycles. The van der Waals surface area contributed by atoms with E-state index in [0.717, 1.165) is 0 Å². The summed E-state index contributed by atoms with van der Waals surface area (Å²) in [6, 6.07) is 8.99. The van der Waals surface area contributed by atoms with Crippen molar-refractivity contribution < 1.29 is 0 Å². The van der Waals surface area contributed by atoms with Gasteiger partial charge < -0.3 is 0 Å². The fourth-order valence-corrected chi connectivity index (χ4v) is 2.22. The third-order valence-electron chi connectivity index (χ3n) is 3.44. The van der Waals surface area contributed by atoms with E-state index in [-0.39, 0.29) is 0 Å². The number of hydrogen-bond donors (Lipinski definition) is 0. The molecule has 0 spiro atoms. The molecule has 0 fully saturated rings. The van der Waals surface area contributed by atoms with Crippen LogP contribution in [0.15, 0.2) is 24.3 Å². The highest BCUT2D eigenvalue weighted by Gasteiger charge is 1.94. The lowest BCUT2D eigenvalue weighted by Crippen LogP contribution is -2.00. The average Bonchev–Trinajstić information content (AvgIpc) is 2.35. The maximum atomic E-state index is 2.28. The first-order valence-electron chi connectivity index (χ1n) is 7.38. The Morgan fingerprint density at radius 3 is 1.88 bits per heavy atom. The van der Waals surface area contributed by atoms with Crippen LogP contribution in [0, 0.1) is 0 Å². The van der Waals surface area contributed by atoms with Crippen molar-refractivity contribution in [2.45, 2.75) is 64.7 Å². The molecule has 1 aromatic rings. The van der Waals surface area contributed by atoms with Crippen molar-refractivity contribution in [1.29, 1.82) is 0 Å². The molecular formula is C16H27B. The summed E-state index contributed by atoms with van der Waals surface area (Å²) in [6.45, 7) is 2.28. The summed E-state index contributed by atoms with van der Waals surface area (Å²) >= 11 is 0. The van der Waals surface area contributed by atoms with E-state index < -0.39 is 0 Å². The Labute approximate surface area is 108 Å². The Balaban J connectivity index is 1.95. The Morgan fingerprint density at radius 1 is 0.765 bits per heavy atom. The molecule has 0 atom stereocenters. The zero-order chi connectivity index (χ0) is 12.3. The monoisotopic (exact) mass is 230 g/mol. The van der Waals surface area contributed by atoms with Gasteiger partial charge in [-0.2, -0.15) is 0 Å². The van der Waals surface area contributed by atoms with Crippen LogP contribution in [0.5, 0.6) is 0 Å². The Hall–Kier alpha value is -0.715. The lowest BCUT2D eigenvalue weighted by Gasteiger charge is -2.03. The minimum atomic E-state index is 1.26. The normalized spacial score (nSPS) is 10.6. The highest BCUT2D eigenvalue weighted by atomic mass is 14.0. The second-order valence-corrected chi connectivity index (χ2v) is 5.21. The summed E-state index contributed by atoms with van der Waals surface area (Å²) < 4.78 is 0. The summed E-state index contributed by atoms with van der Waals surface area (Å²) in [7, 11) is 2.15. The molecule has 1 heteroatoms. The summed E-state index contributed by atoms with van der Waals surface area (Å²) in [5, 5.41) is 0. The van der Waals surface area contributed by atoms with Crippen molar-refractivity contribution in [1.82, 2.24) is 0 Å². The third-order valence-corrected chi connectivity index (χ3v) is 3.44. The van der Waals surface area contributed by atoms with Crippen LogP contribution in [0.3, 0.4) is 0 Å². The van der Waals surface area contributed by atoms with E-state index in [1.54, 1.807) is 0 Å². The Bertz CT molecular complexity index is 276. The van der Waals surface area contributed by atoms with Gasteiger partial charge in [-0.1, -0.05) is 81.6 Å². The lowest BCUT2D eigenvalue weighted by atomic mass is 9.94. The van der Waals surface area contributed by atoms with Crippen LogP contribution in [0.2, 0.25) is 0 Å². The minimum absolute atomic E-state index is 1.26. The summed E-state index contributed by atoms with van der Waals surface area (Å²) in [5.41, 5.74) is 2.87. The van der Waals surface area contributed by atoms with Gasteiger partial charge in [-0.3, -0.25) is 0 Å². The summed E-state index contributed by atoms with van der Waals surface area (Å²) in [5.74, 6) is 0. The first kappa shape index (κ1) is 14.3. The van der Waals surface area contributed by atoms with Gasteiger partial charge in [0.1, 0.15) is 7.85 Å². The number of unbranched alkanes of at least 4 members (excludes halogenated alkanes) is 7. The first-order chi connectivity index (χ1) is 8.33. The zero-order valence-electron chi connectivity index (χ0n) is 11.7. The molecule has 0 bridgehead atoms. The molecule has 1 rings (SSSR count). The molecule has 0 unspecified atom stereocenters. The predicted octanol–water partition coefficient (Wildman–Crippen LogP) is 3.63. The number of aryl methyl sites for hydroxylation is 1. The van der Waals surface area contributed by atoms with Crippen LogP contribution in [-0.2, 0) is 6.42 Å². The largest absolute Gasteiger partial charge is 0.139 e. The second-order valence-electron chi connectivity index (χ2n) is 5.21. The van der Waals surface area contributed by atoms with Crippen LogP contribution >= 0.6 is 0 Å². The van der Waals surface area contributed by atoms with Gasteiger partial charge in [0.2, 0.25) is 0 Å². The van der Waals surface area contributed by atoms with Crippen LogP contribution < -0.4 is 5.46 Å². The predicted molar refractivity (Wildman–Crippen MR) is 80.9 cm³/mol. The van der Waals surface area contributed by atoms with Gasteiger partial charge in [0.25, 0.3) is 0 Å². The van der Waals surface area contributed by atoms with E-state index in [2.05, 4.69) is 39.0 Å². The molecule has 0 aliphatic heterocycles. The molecular weight excluding hydrogens is 203 g/mol. The second kappa shape index (κ2) is 9.33. The van der Waals surface area contributed by atoms with E-state index in [1.165, 1.54) is 68.8 Å². The average molecular weight is 230 g/mol. The van der Waals surface area contributed by atoms with Crippen molar-refractivity contribution >= 4 is 13.3 Å². The highest BCUT2D eigenvalue weighted by Crippen LogP contribution is 2.10. The Kier molecular flexibility index (Phi) is 7.87. The molecule has 0 nitrogen and oxygen atoms in total. The molecule has 0 aliphatic rings. The molecule has 0 heterocycles. The van der Waals surface area contributed by atoms with E-state index in [0.29, 0.717) is 0 Å². The van der Waals surface area contributed by atoms with E-state index in [9.17, 15) is 0 Å². The summed E-state index contributed by atoms with van der Waals surface area (Å²) in [4.78, 5) is 0. The van der Waals surface area contributed by atoms with Crippen LogP contribution in [-0.4, -0.2) is 7.85 Å². The van der Waals surface area contributed by atoms with Crippen LogP contribution in [0.4, 0.5) is 0 Å². The number of benzene rings is 1. The van der Waals surface area contributed by atoms with E-state index in [1.807, 2.05) is 0 Å². The van der Waals surface area contributed by atoms with Gasteiger partial charge in [0.15, 0.2) is 0 Å². The van der Waals surface area contributed by atoms with Crippen LogP contribution in [0.25, 0.3) is 0 Å². The zero-order valence-corrected chi connectivity index (χ0v) is 11.7. The van der Waals surface area contributed by atoms with Gasteiger partial charge in [0.05, 0.1) is 0 Å². The van der Waals surface area contributed by atoms with E-state index in [4.69, 9.17) is 0 Å². The summed E-state index contributed by atoms with van der Waals surface area (Å²) in [6.07, 6.45) is 12.5. The number of rotatable bonds is 9. The fourth-order valence-electron chi connectivity index (χ4n) is 2.22. The maximum absolute atomic E-state index is 2.28. The smallest absolute Gasteiger partial charge is 0.0889 e. The minimum Gasteiger partial charge on any atom is -0.0889 e. The van der Waals surface area contributed by atoms with Gasteiger partial charge >= 0.3 is 0 Å². The molecule has 94 valence electrons. The SMILES string of the molecule is Bc1ccc(CCCCCCCCCC)cc1. The molecule has 0 aliphatic carbocycles. The molecule has 0 N–H and O–H groups in total. The molecule has 17 heavy (non-hydrogen) atoms.